The minimum absolute atomic E-state index is 1.21. The van der Waals surface area contributed by atoms with Gasteiger partial charge in [0.25, 0.3) is 0 Å². The Kier molecular flexibility index (Phi) is 7.93. The Labute approximate surface area is 316 Å². The molecule has 0 saturated carbocycles. The molecule has 54 heavy (non-hydrogen) atoms. The van der Waals surface area contributed by atoms with Crippen molar-refractivity contribution < 1.29 is 0 Å². The topological polar surface area (TPSA) is 0 Å². The van der Waals surface area contributed by atoms with Gasteiger partial charge in [0.05, 0.1) is 0 Å². The lowest BCUT2D eigenvalue weighted by molar-refractivity contribution is 1.58. The van der Waals surface area contributed by atoms with E-state index in [1.165, 1.54) is 99.1 Å². The van der Waals surface area contributed by atoms with Crippen molar-refractivity contribution in [2.24, 2.45) is 0 Å². The third kappa shape index (κ3) is 5.75. The quantitative estimate of drug-likeness (QED) is 0.153. The van der Waals surface area contributed by atoms with Crippen LogP contribution in [0.2, 0.25) is 0 Å². The molecule has 0 aromatic heterocycles. The Bertz CT molecular complexity index is 2920. The SMILES string of the molecule is c1ccc(-c2ccc(-c3ccc(-c4c5ccccc5c(-c5ccc6ccccc6c5)c5ccc(-c6ccc(-c7ccccc7)cc6)cc45)cc3)cc2)cc1. The summed E-state index contributed by atoms with van der Waals surface area (Å²) in [5.41, 5.74) is 14.7. The molecule has 0 nitrogen and oxygen atoms in total. The Balaban J connectivity index is 1.14. The summed E-state index contributed by atoms with van der Waals surface area (Å²) < 4.78 is 0. The van der Waals surface area contributed by atoms with Crippen molar-refractivity contribution >= 4 is 32.3 Å². The smallest absolute Gasteiger partial charge is 0.00261 e. The van der Waals surface area contributed by atoms with E-state index in [0.717, 1.165) is 0 Å². The van der Waals surface area contributed by atoms with E-state index in [2.05, 4.69) is 218 Å². The highest BCUT2D eigenvalue weighted by Crippen LogP contribution is 2.45. The lowest BCUT2D eigenvalue weighted by Gasteiger charge is -2.19. The molecule has 0 heteroatoms. The molecule has 0 saturated heterocycles. The van der Waals surface area contributed by atoms with E-state index in [9.17, 15) is 0 Å². The number of benzene rings is 10. The van der Waals surface area contributed by atoms with E-state index in [4.69, 9.17) is 0 Å². The van der Waals surface area contributed by atoms with Gasteiger partial charge in [-0.2, -0.15) is 0 Å². The molecule has 0 N–H and O–H groups in total. The van der Waals surface area contributed by atoms with Crippen LogP contribution in [-0.4, -0.2) is 0 Å². The second-order valence-corrected chi connectivity index (χ2v) is 14.1. The van der Waals surface area contributed by atoms with Crippen LogP contribution >= 0.6 is 0 Å². The first-order valence-electron chi connectivity index (χ1n) is 18.7. The van der Waals surface area contributed by atoms with E-state index in [1.54, 1.807) is 0 Å². The summed E-state index contributed by atoms with van der Waals surface area (Å²) in [6.45, 7) is 0. The summed E-state index contributed by atoms with van der Waals surface area (Å²) in [5.74, 6) is 0. The van der Waals surface area contributed by atoms with Crippen LogP contribution in [0.25, 0.3) is 99.1 Å². The summed E-state index contributed by atoms with van der Waals surface area (Å²) in [6.07, 6.45) is 0. The zero-order valence-corrected chi connectivity index (χ0v) is 29.8. The second kappa shape index (κ2) is 13.5. The maximum atomic E-state index is 2.41. The standard InChI is InChI=1S/C54H36/c1-3-11-37(12-4-1)40-19-21-42(22-20-40)43-27-30-45(31-28-43)53-49-17-9-10-18-50(49)54(48-32-29-39-15-7-8-16-46(39)35-48)51-34-33-47(36-52(51)53)44-25-23-41(24-26-44)38-13-5-2-6-14-38/h1-36H. The molecule has 10 rings (SSSR count). The van der Waals surface area contributed by atoms with Crippen molar-refractivity contribution in [3.63, 3.8) is 0 Å². The number of hydrogen-bond acceptors (Lipinski definition) is 0. The van der Waals surface area contributed by atoms with Gasteiger partial charge in [-0.25, -0.2) is 0 Å². The average molecular weight is 685 g/mol. The van der Waals surface area contributed by atoms with Crippen LogP contribution in [-0.2, 0) is 0 Å². The number of rotatable bonds is 6. The van der Waals surface area contributed by atoms with E-state index < -0.39 is 0 Å². The number of fused-ring (bicyclic) bond motifs is 3. The molecule has 0 unspecified atom stereocenters. The first kappa shape index (κ1) is 31.7. The van der Waals surface area contributed by atoms with Gasteiger partial charge >= 0.3 is 0 Å². The van der Waals surface area contributed by atoms with Crippen LogP contribution < -0.4 is 0 Å². The Morgan fingerprint density at radius 3 is 1.06 bits per heavy atom. The molecule has 252 valence electrons. The van der Waals surface area contributed by atoms with Gasteiger partial charge in [-0.3, -0.25) is 0 Å². The first-order chi connectivity index (χ1) is 26.8. The molecule has 0 aliphatic rings. The van der Waals surface area contributed by atoms with Crippen LogP contribution in [0.15, 0.2) is 218 Å². The number of hydrogen-bond donors (Lipinski definition) is 0. The zero-order valence-electron chi connectivity index (χ0n) is 29.8. The van der Waals surface area contributed by atoms with E-state index in [1.807, 2.05) is 0 Å². The van der Waals surface area contributed by atoms with Gasteiger partial charge in [0.1, 0.15) is 0 Å². The minimum atomic E-state index is 1.21. The van der Waals surface area contributed by atoms with Crippen molar-refractivity contribution in [1.29, 1.82) is 0 Å². The molecule has 0 spiro atoms. The summed E-state index contributed by atoms with van der Waals surface area (Å²) >= 11 is 0. The minimum Gasteiger partial charge on any atom is -0.0622 e. The molecule has 0 amide bonds. The Morgan fingerprint density at radius 2 is 0.519 bits per heavy atom. The molecular formula is C54H36. The highest BCUT2D eigenvalue weighted by molar-refractivity contribution is 6.22. The maximum absolute atomic E-state index is 2.41. The fourth-order valence-electron chi connectivity index (χ4n) is 8.13. The van der Waals surface area contributed by atoms with Crippen LogP contribution in [0, 0.1) is 0 Å². The first-order valence-corrected chi connectivity index (χ1v) is 18.7. The third-order valence-corrected chi connectivity index (χ3v) is 10.9. The Morgan fingerprint density at radius 1 is 0.167 bits per heavy atom. The highest BCUT2D eigenvalue weighted by atomic mass is 14.2. The van der Waals surface area contributed by atoms with Gasteiger partial charge in [0.2, 0.25) is 0 Å². The summed E-state index contributed by atoms with van der Waals surface area (Å²) in [7, 11) is 0. The summed E-state index contributed by atoms with van der Waals surface area (Å²) in [4.78, 5) is 0. The third-order valence-electron chi connectivity index (χ3n) is 10.9. The highest BCUT2D eigenvalue weighted by Gasteiger charge is 2.18. The summed E-state index contributed by atoms with van der Waals surface area (Å²) in [6, 6.07) is 79.8. The zero-order chi connectivity index (χ0) is 35.8. The molecule has 0 heterocycles. The molecular weight excluding hydrogens is 649 g/mol. The van der Waals surface area contributed by atoms with Crippen molar-refractivity contribution in [3.05, 3.63) is 218 Å². The summed E-state index contributed by atoms with van der Waals surface area (Å²) in [5, 5.41) is 7.52. The predicted octanol–water partition coefficient (Wildman–Crippen LogP) is 15.1. The fourth-order valence-corrected chi connectivity index (χ4v) is 8.13. The van der Waals surface area contributed by atoms with Crippen LogP contribution in [0.4, 0.5) is 0 Å². The van der Waals surface area contributed by atoms with E-state index in [-0.39, 0.29) is 0 Å². The van der Waals surface area contributed by atoms with Crippen molar-refractivity contribution in [2.75, 3.05) is 0 Å². The van der Waals surface area contributed by atoms with Gasteiger partial charge in [-0.1, -0.05) is 206 Å². The molecule has 0 atom stereocenters. The van der Waals surface area contributed by atoms with Crippen molar-refractivity contribution in [1.82, 2.24) is 0 Å². The van der Waals surface area contributed by atoms with Crippen LogP contribution in [0.3, 0.4) is 0 Å². The van der Waals surface area contributed by atoms with Gasteiger partial charge in [-0.05, 0) is 111 Å². The van der Waals surface area contributed by atoms with Gasteiger partial charge in [-0.15, -0.1) is 0 Å². The molecule has 10 aromatic rings. The fraction of sp³-hybridized carbons (Fsp3) is 0. The van der Waals surface area contributed by atoms with Crippen molar-refractivity contribution in [2.45, 2.75) is 0 Å². The van der Waals surface area contributed by atoms with E-state index >= 15 is 0 Å². The molecule has 0 bridgehead atoms. The monoisotopic (exact) mass is 684 g/mol. The second-order valence-electron chi connectivity index (χ2n) is 14.1. The van der Waals surface area contributed by atoms with Crippen molar-refractivity contribution in [3.8, 4) is 66.8 Å². The lowest BCUT2D eigenvalue weighted by Crippen LogP contribution is -1.92. The molecule has 0 aliphatic heterocycles. The van der Waals surface area contributed by atoms with Gasteiger partial charge < -0.3 is 0 Å². The van der Waals surface area contributed by atoms with Gasteiger partial charge in [0, 0.05) is 0 Å². The van der Waals surface area contributed by atoms with E-state index in [0.29, 0.717) is 0 Å². The molecule has 10 aromatic carbocycles. The van der Waals surface area contributed by atoms with Gasteiger partial charge in [0.15, 0.2) is 0 Å². The maximum Gasteiger partial charge on any atom is -0.00261 e. The normalized spacial score (nSPS) is 11.3. The average Bonchev–Trinajstić information content (AvgIpc) is 3.26. The lowest BCUT2D eigenvalue weighted by atomic mass is 9.84. The predicted molar refractivity (Wildman–Crippen MR) is 232 cm³/mol. The Hall–Kier alpha value is -7.02. The molecule has 0 fully saturated rings. The van der Waals surface area contributed by atoms with Crippen LogP contribution in [0.5, 0.6) is 0 Å². The molecule has 0 aliphatic carbocycles. The largest absolute Gasteiger partial charge is 0.0622 e. The molecule has 0 radical (unpaired) electrons. The van der Waals surface area contributed by atoms with Crippen LogP contribution in [0.1, 0.15) is 0 Å².